The predicted octanol–water partition coefficient (Wildman–Crippen LogP) is 2.06. The summed E-state index contributed by atoms with van der Waals surface area (Å²) in [5.74, 6) is 0. The second-order valence-electron chi connectivity index (χ2n) is 3.67. The fourth-order valence-corrected chi connectivity index (χ4v) is 1.69. The van der Waals surface area contributed by atoms with E-state index in [1.165, 1.54) is 16.7 Å². The van der Waals surface area contributed by atoms with Crippen LogP contribution in [-0.2, 0) is 10.3 Å². The predicted molar refractivity (Wildman–Crippen MR) is 67.9 cm³/mol. The second kappa shape index (κ2) is 6.05. The van der Waals surface area contributed by atoms with Gasteiger partial charge in [0.25, 0.3) is 0 Å². The largest absolute Gasteiger partial charge is 0.243 e. The summed E-state index contributed by atoms with van der Waals surface area (Å²) in [5, 5.41) is 9.38. The summed E-state index contributed by atoms with van der Waals surface area (Å²) in [6.07, 6.45) is 1.07. The van der Waals surface area contributed by atoms with Gasteiger partial charge in [0.2, 0.25) is 15.3 Å². The Morgan fingerprint density at radius 1 is 0.941 bits per heavy atom. The third-order valence-corrected chi connectivity index (χ3v) is 2.43. The Morgan fingerprint density at radius 2 is 1.41 bits per heavy atom. The van der Waals surface area contributed by atoms with Crippen molar-refractivity contribution in [2.24, 2.45) is 15.4 Å². The van der Waals surface area contributed by atoms with E-state index in [-0.39, 0.29) is 4.99 Å². The maximum Gasteiger partial charge on any atom is 0.243 e. The Kier molecular flexibility index (Phi) is 4.71. The van der Waals surface area contributed by atoms with Gasteiger partial charge < -0.3 is 0 Å². The quantitative estimate of drug-likeness (QED) is 0.662. The molecule has 2 rings (SSSR count). The molecule has 1 heterocycles. The first-order chi connectivity index (χ1) is 7.99. The van der Waals surface area contributed by atoms with Crippen LogP contribution in [0.4, 0.5) is 0 Å². The second-order valence-corrected chi connectivity index (χ2v) is 4.56. The van der Waals surface area contributed by atoms with Crippen molar-refractivity contribution in [3.05, 3.63) is 34.9 Å². The highest BCUT2D eigenvalue weighted by molar-refractivity contribution is 7.74. The molecule has 0 aliphatic carbocycles. The van der Waals surface area contributed by atoms with Crippen molar-refractivity contribution in [3.63, 3.8) is 0 Å². The van der Waals surface area contributed by atoms with Crippen LogP contribution in [0.1, 0.15) is 16.7 Å². The normalized spacial score (nSPS) is 12.3. The highest BCUT2D eigenvalue weighted by atomic mass is 32.2. The van der Waals surface area contributed by atoms with Gasteiger partial charge in [-0.2, -0.15) is 8.42 Å². The first-order valence-electron chi connectivity index (χ1n) is 4.94. The molecule has 17 heavy (non-hydrogen) atoms. The van der Waals surface area contributed by atoms with Crippen LogP contribution in [0.25, 0.3) is 0 Å². The molecule has 0 radical (unpaired) electrons. The Hall–Kier alpha value is -1.82. The molecule has 1 aromatic rings. The number of benzene rings is 1. The summed E-state index contributed by atoms with van der Waals surface area (Å²) in [5.41, 5.74) is 4.06. The molecule has 0 unspecified atom stereocenters. The third-order valence-electron chi connectivity index (χ3n) is 1.90. The van der Waals surface area contributed by atoms with Gasteiger partial charge in [-0.1, -0.05) is 34.9 Å². The van der Waals surface area contributed by atoms with E-state index in [0.29, 0.717) is 0 Å². The van der Waals surface area contributed by atoms with Gasteiger partial charge in [-0.15, -0.1) is 10.2 Å². The molecular formula is C11H13N3O2S. The summed E-state index contributed by atoms with van der Waals surface area (Å²) in [7, 11) is -2.28. The summed E-state index contributed by atoms with van der Waals surface area (Å²) < 4.78 is 19.8. The van der Waals surface area contributed by atoms with E-state index >= 15 is 0 Å². The van der Waals surface area contributed by atoms with Gasteiger partial charge in [-0.05, 0) is 26.0 Å². The molecule has 0 amide bonds. The van der Waals surface area contributed by atoms with E-state index in [9.17, 15) is 8.42 Å². The minimum Gasteiger partial charge on any atom is -0.182 e. The van der Waals surface area contributed by atoms with Crippen LogP contribution >= 0.6 is 0 Å². The molecule has 0 atom stereocenters. The smallest absolute Gasteiger partial charge is 0.182 e. The van der Waals surface area contributed by atoms with Gasteiger partial charge in [0, 0.05) is 0 Å². The zero-order valence-corrected chi connectivity index (χ0v) is 10.7. The minimum atomic E-state index is -2.28. The van der Waals surface area contributed by atoms with Crippen LogP contribution in [-0.4, -0.2) is 19.6 Å². The Bertz CT molecular complexity index is 529. The zero-order chi connectivity index (χ0) is 12.8. The lowest BCUT2D eigenvalue weighted by molar-refractivity contribution is 0.627. The molecule has 6 heteroatoms. The Labute approximate surface area is 101 Å². The van der Waals surface area contributed by atoms with Gasteiger partial charge >= 0.3 is 0 Å². The lowest BCUT2D eigenvalue weighted by atomic mass is 10.1. The maximum absolute atomic E-state index is 9.92. The number of nitrogens with zero attached hydrogens (tertiary/aromatic N) is 3. The molecule has 0 saturated heterocycles. The fraction of sp³-hybridized carbons (Fsp3) is 0.273. The molecule has 1 aliphatic rings. The van der Waals surface area contributed by atoms with Gasteiger partial charge in [-0.25, -0.2) is 0 Å². The highest BCUT2D eigenvalue weighted by Gasteiger charge is 1.97. The monoisotopic (exact) mass is 251 g/mol. The van der Waals surface area contributed by atoms with Crippen LogP contribution in [0.5, 0.6) is 0 Å². The van der Waals surface area contributed by atoms with Crippen molar-refractivity contribution < 1.29 is 8.42 Å². The molecular weight excluding hydrogens is 238 g/mol. The van der Waals surface area contributed by atoms with Crippen LogP contribution < -0.4 is 0 Å². The molecule has 5 nitrogen and oxygen atoms in total. The van der Waals surface area contributed by atoms with Crippen LogP contribution in [0, 0.1) is 20.8 Å². The molecule has 0 saturated carbocycles. The van der Waals surface area contributed by atoms with E-state index < -0.39 is 10.3 Å². The lowest BCUT2D eigenvalue weighted by Gasteiger charge is -1.96. The maximum atomic E-state index is 9.92. The van der Waals surface area contributed by atoms with Crippen LogP contribution in [0.2, 0.25) is 0 Å². The summed E-state index contributed by atoms with van der Waals surface area (Å²) >= 11 is 0. The summed E-state index contributed by atoms with van der Waals surface area (Å²) in [6.45, 7) is 6.38. The van der Waals surface area contributed by atoms with E-state index in [4.69, 9.17) is 0 Å². The van der Waals surface area contributed by atoms with Crippen molar-refractivity contribution in [1.29, 1.82) is 0 Å². The molecule has 90 valence electrons. The van der Waals surface area contributed by atoms with Crippen molar-refractivity contribution >= 4 is 21.5 Å². The van der Waals surface area contributed by atoms with E-state index in [0.717, 1.165) is 6.21 Å². The van der Waals surface area contributed by atoms with E-state index in [1.54, 1.807) is 0 Å². The first-order valence-corrected chi connectivity index (χ1v) is 6.01. The standard InChI is InChI=1S/C9H12.C2HN3O2S/c1-7-4-8(2)6-9(3)5-7;6-8(7)2-1-3-5-4-2/h4-6H,1-3H3;1H. The van der Waals surface area contributed by atoms with Crippen LogP contribution in [0.3, 0.4) is 0 Å². The summed E-state index contributed by atoms with van der Waals surface area (Å²) in [4.78, 5) is -0.120. The Balaban J connectivity index is 0.000000171. The van der Waals surface area contributed by atoms with Crippen molar-refractivity contribution in [1.82, 2.24) is 0 Å². The topological polar surface area (TPSA) is 71.2 Å². The summed E-state index contributed by atoms with van der Waals surface area (Å²) in [6, 6.07) is 6.56. The fourth-order valence-electron chi connectivity index (χ4n) is 1.45. The number of aryl methyl sites for hydroxylation is 3. The first kappa shape index (κ1) is 13.2. The number of hydrogen-bond donors (Lipinski definition) is 0. The lowest BCUT2D eigenvalue weighted by Crippen LogP contribution is -1.89. The van der Waals surface area contributed by atoms with Crippen LogP contribution in [0.15, 0.2) is 33.6 Å². The highest BCUT2D eigenvalue weighted by Crippen LogP contribution is 2.06. The molecule has 0 fully saturated rings. The van der Waals surface area contributed by atoms with E-state index in [2.05, 4.69) is 54.4 Å². The molecule has 1 aromatic carbocycles. The molecule has 0 bridgehead atoms. The molecule has 0 aromatic heterocycles. The average molecular weight is 251 g/mol. The molecule has 0 spiro atoms. The van der Waals surface area contributed by atoms with Crippen molar-refractivity contribution in [3.8, 4) is 0 Å². The molecule has 0 N–H and O–H groups in total. The van der Waals surface area contributed by atoms with Gasteiger partial charge in [0.05, 0.1) is 6.21 Å². The average Bonchev–Trinajstić information content (AvgIpc) is 2.68. The molecule has 1 aliphatic heterocycles. The number of hydrogen-bond acceptors (Lipinski definition) is 4. The van der Waals surface area contributed by atoms with Crippen molar-refractivity contribution in [2.45, 2.75) is 20.8 Å². The van der Waals surface area contributed by atoms with Crippen molar-refractivity contribution in [2.75, 3.05) is 0 Å². The van der Waals surface area contributed by atoms with Gasteiger partial charge in [0.15, 0.2) is 0 Å². The number of rotatable bonds is 0. The van der Waals surface area contributed by atoms with Gasteiger partial charge in [0.1, 0.15) is 0 Å². The third kappa shape index (κ3) is 4.69. The zero-order valence-electron chi connectivity index (χ0n) is 9.88. The minimum absolute atomic E-state index is 0.120. The SMILES string of the molecule is Cc1cc(C)cc(C)c1.O=S(=O)=C1C=NN=N1. The van der Waals surface area contributed by atoms with E-state index in [1.807, 2.05) is 0 Å². The van der Waals surface area contributed by atoms with Gasteiger partial charge in [-0.3, -0.25) is 0 Å². The Morgan fingerprint density at radius 3 is 1.65 bits per heavy atom.